The molecule has 0 radical (unpaired) electrons. The van der Waals surface area contributed by atoms with Crippen LogP contribution in [0.4, 0.5) is 5.69 Å². The maximum atomic E-state index is 13.0. The minimum atomic E-state index is -4.50. The highest BCUT2D eigenvalue weighted by Crippen LogP contribution is 2.59. The van der Waals surface area contributed by atoms with Gasteiger partial charge in [0.1, 0.15) is 0 Å². The third kappa shape index (κ3) is 5.05. The number of benzene rings is 4. The molecule has 5 aromatic rings. The zero-order valence-electron chi connectivity index (χ0n) is 26.5. The lowest BCUT2D eigenvalue weighted by molar-refractivity contribution is -0.684. The molecular formula is C35H38N2O8S2+2. The van der Waals surface area contributed by atoms with Gasteiger partial charge in [0.05, 0.1) is 24.6 Å². The second-order valence-corrected chi connectivity index (χ2v) is 16.7. The molecule has 10 nitrogen and oxygen atoms in total. The average Bonchev–Trinajstić information content (AvgIpc) is 3.53. The average molecular weight is 679 g/mol. The molecule has 12 heteroatoms. The van der Waals surface area contributed by atoms with Crippen LogP contribution in [0.5, 0.6) is 5.75 Å². The standard InChI is InChI=1S/C35H36N2O8S2/c1-4-24(17-33-36(15-13-23(2)46(38,39)40)29-19-25-9-5-7-11-27(25)21-31(29)44-33)18-34-37(16-14-35(37,3)47(41,42)43)30-20-26-10-6-8-12-28(26)22-32(30)45-34/h5-12,18-24H,4,13-17H2,1-3H3/p+2. The highest BCUT2D eigenvalue weighted by atomic mass is 32.2. The first kappa shape index (κ1) is 31.8. The molecule has 3 heterocycles. The molecule has 246 valence electrons. The predicted molar refractivity (Wildman–Crippen MR) is 181 cm³/mol. The molecule has 0 bridgehead atoms. The summed E-state index contributed by atoms with van der Waals surface area (Å²) in [6.45, 7) is 5.82. The van der Waals surface area contributed by atoms with Crippen LogP contribution in [0, 0.1) is 5.92 Å². The molecule has 47 heavy (non-hydrogen) atoms. The molecule has 1 saturated heterocycles. The van der Waals surface area contributed by atoms with Crippen LogP contribution >= 0.6 is 0 Å². The van der Waals surface area contributed by atoms with Crippen LogP contribution < -0.4 is 13.8 Å². The van der Waals surface area contributed by atoms with Gasteiger partial charge < -0.3 is 9.15 Å². The number of rotatable bonds is 9. The van der Waals surface area contributed by atoms with Crippen molar-refractivity contribution in [3.63, 3.8) is 0 Å². The molecular weight excluding hydrogens is 641 g/mol. The highest BCUT2D eigenvalue weighted by Gasteiger charge is 2.72. The number of quaternary nitrogens is 1. The Kier molecular flexibility index (Phi) is 7.52. The van der Waals surface area contributed by atoms with E-state index in [4.69, 9.17) is 9.15 Å². The van der Waals surface area contributed by atoms with Gasteiger partial charge >= 0.3 is 16.0 Å². The monoisotopic (exact) mass is 678 g/mol. The Hall–Kier alpha value is -3.81. The maximum absolute atomic E-state index is 13.0. The number of fused-ring (bicyclic) bond motifs is 5. The van der Waals surface area contributed by atoms with E-state index in [0.717, 1.165) is 27.1 Å². The third-order valence-corrected chi connectivity index (χ3v) is 13.2. The van der Waals surface area contributed by atoms with Crippen LogP contribution in [0.15, 0.2) is 89.2 Å². The van der Waals surface area contributed by atoms with Crippen molar-refractivity contribution in [2.24, 2.45) is 5.92 Å². The molecule has 4 aromatic carbocycles. The van der Waals surface area contributed by atoms with Gasteiger partial charge in [0, 0.05) is 31.6 Å². The van der Waals surface area contributed by atoms with Crippen molar-refractivity contribution in [2.45, 2.75) is 63.1 Å². The van der Waals surface area contributed by atoms with E-state index in [1.807, 2.05) is 90.4 Å². The van der Waals surface area contributed by atoms with Gasteiger partial charge in [-0.05, 0) is 52.9 Å². The van der Waals surface area contributed by atoms with E-state index >= 15 is 0 Å². The maximum Gasteiger partial charge on any atom is 0.348 e. The van der Waals surface area contributed by atoms with E-state index in [-0.39, 0.29) is 23.2 Å². The minimum absolute atomic E-state index is 0.139. The summed E-state index contributed by atoms with van der Waals surface area (Å²) in [4.78, 5) is -1.53. The quantitative estimate of drug-likeness (QED) is 0.102. The van der Waals surface area contributed by atoms with Gasteiger partial charge in [-0.1, -0.05) is 55.5 Å². The first-order valence-corrected chi connectivity index (χ1v) is 18.8. The second kappa shape index (κ2) is 11.1. The van der Waals surface area contributed by atoms with Crippen LogP contribution in [0.1, 0.15) is 45.9 Å². The summed E-state index contributed by atoms with van der Waals surface area (Å²) in [6.07, 6.45) is 3.47. The Morgan fingerprint density at radius 2 is 1.57 bits per heavy atom. The number of nitrogens with zero attached hydrogens (tertiary/aromatic N) is 2. The van der Waals surface area contributed by atoms with E-state index < -0.39 is 30.4 Å². The fourth-order valence-corrected chi connectivity index (χ4v) is 8.60. The summed E-state index contributed by atoms with van der Waals surface area (Å²) < 4.78 is 84.7. The first-order valence-electron chi connectivity index (χ1n) is 15.8. The smallest absolute Gasteiger partial charge is 0.348 e. The molecule has 0 aliphatic carbocycles. The van der Waals surface area contributed by atoms with Crippen molar-refractivity contribution in [1.29, 1.82) is 0 Å². The lowest BCUT2D eigenvalue weighted by Crippen LogP contribution is -2.75. The molecule has 0 amide bonds. The van der Waals surface area contributed by atoms with Gasteiger partial charge in [-0.2, -0.15) is 21.4 Å². The highest BCUT2D eigenvalue weighted by molar-refractivity contribution is 7.87. The molecule has 4 unspecified atom stereocenters. The summed E-state index contributed by atoms with van der Waals surface area (Å²) in [5.74, 6) is 1.46. The van der Waals surface area contributed by atoms with E-state index in [0.29, 0.717) is 54.7 Å². The Morgan fingerprint density at radius 1 is 0.957 bits per heavy atom. The Bertz CT molecular complexity index is 2310. The SMILES string of the molecule is CCC(C=C1Oc2cc3ccccc3cc2[N+]12CCC2(C)S(=O)(=O)O)Cc1oc2cc3ccccc3cc2[n+]1CCC(C)S(=O)(=O)O. The van der Waals surface area contributed by atoms with Crippen LogP contribution in [-0.2, 0) is 33.2 Å². The van der Waals surface area contributed by atoms with Crippen LogP contribution in [-0.4, -0.2) is 42.6 Å². The molecule has 1 spiro atoms. The number of ether oxygens (including phenoxy) is 1. The van der Waals surface area contributed by atoms with Gasteiger partial charge in [-0.25, -0.2) is 4.48 Å². The lowest BCUT2D eigenvalue weighted by atomic mass is 9.94. The second-order valence-electron chi connectivity index (χ2n) is 13.0. The molecule has 0 saturated carbocycles. The summed E-state index contributed by atoms with van der Waals surface area (Å²) in [7, 11) is -8.71. The van der Waals surface area contributed by atoms with E-state index in [2.05, 4.69) is 0 Å². The van der Waals surface area contributed by atoms with Crippen molar-refractivity contribution in [3.05, 3.63) is 90.6 Å². The van der Waals surface area contributed by atoms with Crippen molar-refractivity contribution in [2.75, 3.05) is 6.54 Å². The van der Waals surface area contributed by atoms with Gasteiger partial charge in [-0.3, -0.25) is 9.11 Å². The fraction of sp³-hybridized carbons (Fsp3) is 0.343. The molecule has 1 aromatic heterocycles. The largest absolute Gasteiger partial charge is 0.406 e. The predicted octanol–water partition coefficient (Wildman–Crippen LogP) is 6.51. The van der Waals surface area contributed by atoms with Crippen molar-refractivity contribution >= 4 is 58.6 Å². The number of oxazole rings is 1. The number of hydrogen-bond donors (Lipinski definition) is 2. The lowest BCUT2D eigenvalue weighted by Gasteiger charge is -2.52. The third-order valence-electron chi connectivity index (χ3n) is 10.4. The Morgan fingerprint density at radius 3 is 2.15 bits per heavy atom. The molecule has 7 rings (SSSR count). The van der Waals surface area contributed by atoms with E-state index in [1.54, 1.807) is 6.92 Å². The molecule has 2 aliphatic rings. The van der Waals surface area contributed by atoms with Crippen molar-refractivity contribution in [3.8, 4) is 5.75 Å². The molecule has 4 atom stereocenters. The molecule has 1 fully saturated rings. The van der Waals surface area contributed by atoms with Crippen LogP contribution in [0.2, 0.25) is 0 Å². The van der Waals surface area contributed by atoms with Gasteiger partial charge in [0.25, 0.3) is 21.5 Å². The number of hydrogen-bond acceptors (Lipinski definition) is 6. The van der Waals surface area contributed by atoms with E-state index in [9.17, 15) is 25.9 Å². The Balaban J connectivity index is 1.33. The first-order chi connectivity index (χ1) is 22.2. The number of aryl methyl sites for hydroxylation is 1. The summed E-state index contributed by atoms with van der Waals surface area (Å²) in [5.41, 5.74) is 2.16. The van der Waals surface area contributed by atoms with Gasteiger partial charge in [0.2, 0.25) is 10.5 Å². The van der Waals surface area contributed by atoms with Crippen LogP contribution in [0.3, 0.4) is 0 Å². The Labute approximate surface area is 274 Å². The minimum Gasteiger partial charge on any atom is -0.406 e. The molecule has 2 N–H and O–H groups in total. The number of aromatic nitrogens is 1. The number of allylic oxidation sites excluding steroid dienone is 1. The van der Waals surface area contributed by atoms with Gasteiger partial charge in [0.15, 0.2) is 18.0 Å². The zero-order chi connectivity index (χ0) is 33.4. The normalized spacial score (nSPS) is 23.3. The fourth-order valence-electron chi connectivity index (χ4n) is 7.17. The van der Waals surface area contributed by atoms with Crippen molar-refractivity contribution in [1.82, 2.24) is 4.48 Å². The van der Waals surface area contributed by atoms with Gasteiger partial charge in [-0.15, -0.1) is 0 Å². The summed E-state index contributed by atoms with van der Waals surface area (Å²) in [5, 5.41) is 2.95. The summed E-state index contributed by atoms with van der Waals surface area (Å²) >= 11 is 0. The van der Waals surface area contributed by atoms with Crippen LogP contribution in [0.25, 0.3) is 32.6 Å². The van der Waals surface area contributed by atoms with E-state index in [1.165, 1.54) is 6.92 Å². The topological polar surface area (TPSA) is 135 Å². The molecule has 2 aliphatic heterocycles. The van der Waals surface area contributed by atoms with Crippen molar-refractivity contribution < 1.29 is 39.7 Å². The zero-order valence-corrected chi connectivity index (χ0v) is 28.1. The summed E-state index contributed by atoms with van der Waals surface area (Å²) in [6, 6.07) is 23.6.